The minimum absolute atomic E-state index is 0.712. The summed E-state index contributed by atoms with van der Waals surface area (Å²) in [6.07, 6.45) is 5.64. The van der Waals surface area contributed by atoms with E-state index in [9.17, 15) is 0 Å². The van der Waals surface area contributed by atoms with Crippen molar-refractivity contribution in [1.82, 2.24) is 0 Å². The fourth-order valence-corrected chi connectivity index (χ4v) is 3.12. The van der Waals surface area contributed by atoms with Crippen molar-refractivity contribution in [2.24, 2.45) is 11.8 Å². The predicted octanol–water partition coefficient (Wildman–Crippen LogP) is 4.36. The van der Waals surface area contributed by atoms with Crippen LogP contribution in [0.5, 0.6) is 0 Å². The fraction of sp³-hybridized carbons (Fsp3) is 1.00. The van der Waals surface area contributed by atoms with E-state index in [4.69, 9.17) is 0 Å². The van der Waals surface area contributed by atoms with Gasteiger partial charge in [-0.1, -0.05) is 45.7 Å². The molecule has 1 aliphatic carbocycles. The average Bonchev–Trinajstić information content (AvgIpc) is 2.04. The van der Waals surface area contributed by atoms with Crippen molar-refractivity contribution in [3.8, 4) is 0 Å². The maximum Gasteiger partial charge on any atom is 0.0145 e. The highest BCUT2D eigenvalue weighted by atomic mass is 79.9. The van der Waals surface area contributed by atoms with Crippen molar-refractivity contribution in [1.29, 1.82) is 0 Å². The molecule has 0 nitrogen and oxygen atoms in total. The zero-order chi connectivity index (χ0) is 9.14. The van der Waals surface area contributed by atoms with Crippen molar-refractivity contribution in [3.63, 3.8) is 0 Å². The standard InChI is InChI=1S/C10H18Br2/c1-7(11)9-3-5-10(6-4-9)8(2)12/h7-10H,3-6H2,1-2H3. The molecule has 0 N–H and O–H groups in total. The van der Waals surface area contributed by atoms with E-state index in [1.54, 1.807) is 0 Å². The van der Waals surface area contributed by atoms with Gasteiger partial charge in [0.1, 0.15) is 0 Å². The fourth-order valence-electron chi connectivity index (χ4n) is 2.06. The van der Waals surface area contributed by atoms with E-state index in [1.165, 1.54) is 25.7 Å². The highest BCUT2D eigenvalue weighted by Gasteiger charge is 2.25. The van der Waals surface area contributed by atoms with Crippen molar-refractivity contribution < 1.29 is 0 Å². The quantitative estimate of drug-likeness (QED) is 0.664. The zero-order valence-corrected chi connectivity index (χ0v) is 11.1. The summed E-state index contributed by atoms with van der Waals surface area (Å²) in [7, 11) is 0. The van der Waals surface area contributed by atoms with Crippen LogP contribution in [0.1, 0.15) is 39.5 Å². The Kier molecular flexibility index (Phi) is 4.59. The van der Waals surface area contributed by atoms with E-state index in [0.29, 0.717) is 9.65 Å². The summed E-state index contributed by atoms with van der Waals surface area (Å²) in [6.45, 7) is 4.56. The number of hydrogen-bond donors (Lipinski definition) is 0. The average molecular weight is 298 g/mol. The van der Waals surface area contributed by atoms with E-state index >= 15 is 0 Å². The minimum Gasteiger partial charge on any atom is -0.0891 e. The third-order valence-electron chi connectivity index (χ3n) is 3.12. The minimum atomic E-state index is 0.712. The van der Waals surface area contributed by atoms with Crippen LogP contribution in [0, 0.1) is 11.8 Å². The topological polar surface area (TPSA) is 0 Å². The summed E-state index contributed by atoms with van der Waals surface area (Å²) in [4.78, 5) is 1.42. The van der Waals surface area contributed by atoms with Gasteiger partial charge in [0.05, 0.1) is 0 Å². The van der Waals surface area contributed by atoms with Gasteiger partial charge in [0.2, 0.25) is 0 Å². The van der Waals surface area contributed by atoms with Gasteiger partial charge in [0, 0.05) is 9.65 Å². The predicted molar refractivity (Wildman–Crippen MR) is 62.2 cm³/mol. The Bertz CT molecular complexity index is 108. The van der Waals surface area contributed by atoms with Crippen LogP contribution < -0.4 is 0 Å². The van der Waals surface area contributed by atoms with Gasteiger partial charge < -0.3 is 0 Å². The second kappa shape index (κ2) is 4.99. The normalized spacial score (nSPS) is 36.0. The molecule has 72 valence electrons. The third-order valence-corrected chi connectivity index (χ3v) is 4.61. The number of rotatable bonds is 2. The first-order chi connectivity index (χ1) is 5.61. The van der Waals surface area contributed by atoms with Gasteiger partial charge in [-0.15, -0.1) is 0 Å². The molecule has 0 aromatic rings. The van der Waals surface area contributed by atoms with Gasteiger partial charge in [-0.05, 0) is 37.5 Å². The SMILES string of the molecule is CC(Br)C1CCC(C(C)Br)CC1. The molecule has 0 amide bonds. The Morgan fingerprint density at radius 2 is 1.08 bits per heavy atom. The molecule has 2 heteroatoms. The summed E-state index contributed by atoms with van der Waals surface area (Å²) >= 11 is 7.36. The van der Waals surface area contributed by atoms with E-state index in [0.717, 1.165) is 11.8 Å². The van der Waals surface area contributed by atoms with Gasteiger partial charge >= 0.3 is 0 Å². The monoisotopic (exact) mass is 296 g/mol. The molecule has 0 aromatic heterocycles. The molecular formula is C10H18Br2. The maximum atomic E-state index is 3.68. The molecule has 0 saturated heterocycles. The first kappa shape index (κ1) is 11.0. The Labute approximate surface area is 92.8 Å². The molecular weight excluding hydrogens is 280 g/mol. The highest BCUT2D eigenvalue weighted by molar-refractivity contribution is 9.09. The molecule has 0 aromatic carbocycles. The molecule has 0 bridgehead atoms. The van der Waals surface area contributed by atoms with Crippen molar-refractivity contribution in [3.05, 3.63) is 0 Å². The van der Waals surface area contributed by atoms with E-state index < -0.39 is 0 Å². The highest BCUT2D eigenvalue weighted by Crippen LogP contribution is 2.36. The van der Waals surface area contributed by atoms with Crippen molar-refractivity contribution in [2.75, 3.05) is 0 Å². The maximum absolute atomic E-state index is 3.68. The van der Waals surface area contributed by atoms with Gasteiger partial charge in [-0.3, -0.25) is 0 Å². The van der Waals surface area contributed by atoms with Crippen molar-refractivity contribution >= 4 is 31.9 Å². The van der Waals surface area contributed by atoms with Gasteiger partial charge in [0.15, 0.2) is 0 Å². The molecule has 1 rings (SSSR count). The van der Waals surface area contributed by atoms with Crippen LogP contribution in [0.3, 0.4) is 0 Å². The lowest BCUT2D eigenvalue weighted by Crippen LogP contribution is -2.23. The van der Waals surface area contributed by atoms with E-state index in [-0.39, 0.29) is 0 Å². The molecule has 2 atom stereocenters. The van der Waals surface area contributed by atoms with Crippen LogP contribution in [0.4, 0.5) is 0 Å². The van der Waals surface area contributed by atoms with Gasteiger partial charge in [-0.2, -0.15) is 0 Å². The molecule has 1 saturated carbocycles. The Balaban J connectivity index is 2.30. The van der Waals surface area contributed by atoms with Crippen LogP contribution >= 0.6 is 31.9 Å². The molecule has 2 unspecified atom stereocenters. The van der Waals surface area contributed by atoms with Crippen LogP contribution in [0.2, 0.25) is 0 Å². The van der Waals surface area contributed by atoms with Crippen LogP contribution in [-0.4, -0.2) is 9.65 Å². The smallest absolute Gasteiger partial charge is 0.0145 e. The molecule has 0 heterocycles. The second-order valence-corrected chi connectivity index (χ2v) is 6.92. The Hall–Kier alpha value is 0.960. The zero-order valence-electron chi connectivity index (χ0n) is 7.89. The first-order valence-electron chi connectivity index (χ1n) is 4.89. The van der Waals surface area contributed by atoms with E-state index in [1.807, 2.05) is 0 Å². The first-order valence-corrected chi connectivity index (χ1v) is 6.72. The lowest BCUT2D eigenvalue weighted by molar-refractivity contribution is 0.276. The van der Waals surface area contributed by atoms with Gasteiger partial charge in [0.25, 0.3) is 0 Å². The second-order valence-electron chi connectivity index (χ2n) is 4.03. The van der Waals surface area contributed by atoms with E-state index in [2.05, 4.69) is 45.7 Å². The lowest BCUT2D eigenvalue weighted by atomic mass is 9.80. The molecule has 12 heavy (non-hydrogen) atoms. The Morgan fingerprint density at radius 3 is 1.25 bits per heavy atom. The summed E-state index contributed by atoms with van der Waals surface area (Å²) in [6, 6.07) is 0. The summed E-state index contributed by atoms with van der Waals surface area (Å²) in [5.41, 5.74) is 0. The Morgan fingerprint density at radius 1 is 0.833 bits per heavy atom. The number of alkyl halides is 2. The van der Waals surface area contributed by atoms with Gasteiger partial charge in [-0.25, -0.2) is 0 Å². The third kappa shape index (κ3) is 3.02. The molecule has 0 aliphatic heterocycles. The number of hydrogen-bond acceptors (Lipinski definition) is 0. The lowest BCUT2D eigenvalue weighted by Gasteiger charge is -2.31. The van der Waals surface area contributed by atoms with Crippen LogP contribution in [-0.2, 0) is 0 Å². The summed E-state index contributed by atoms with van der Waals surface area (Å²) in [5, 5.41) is 0. The largest absolute Gasteiger partial charge is 0.0891 e. The molecule has 0 radical (unpaired) electrons. The van der Waals surface area contributed by atoms with Crippen LogP contribution in [0.25, 0.3) is 0 Å². The summed E-state index contributed by atoms with van der Waals surface area (Å²) < 4.78 is 0. The summed E-state index contributed by atoms with van der Waals surface area (Å²) in [5.74, 6) is 1.85. The number of halogens is 2. The molecule has 1 aliphatic rings. The van der Waals surface area contributed by atoms with Crippen LogP contribution in [0.15, 0.2) is 0 Å². The molecule has 0 spiro atoms. The molecule has 1 fully saturated rings. The van der Waals surface area contributed by atoms with Crippen molar-refractivity contribution in [2.45, 2.75) is 49.2 Å².